The van der Waals surface area contributed by atoms with Gasteiger partial charge in [0.2, 0.25) is 0 Å². The molecule has 7 nitrogen and oxygen atoms in total. The van der Waals surface area contributed by atoms with Crippen molar-refractivity contribution in [2.75, 3.05) is 6.54 Å². The zero-order valence-corrected chi connectivity index (χ0v) is 11.1. The third-order valence-electron chi connectivity index (χ3n) is 4.05. The van der Waals surface area contributed by atoms with Gasteiger partial charge in [0, 0.05) is 12.0 Å². The molecule has 0 bridgehead atoms. The Hall–Kier alpha value is -2.02. The average Bonchev–Trinajstić information content (AvgIpc) is 3.07. The number of aromatic nitrogens is 6. The molecule has 0 atom stereocenters. The average molecular weight is 259 g/mol. The Morgan fingerprint density at radius 2 is 2.05 bits per heavy atom. The number of imidazole rings is 1. The van der Waals surface area contributed by atoms with Gasteiger partial charge in [0.15, 0.2) is 11.3 Å². The van der Waals surface area contributed by atoms with Gasteiger partial charge in [-0.05, 0) is 12.8 Å². The first kappa shape index (κ1) is 12.0. The highest BCUT2D eigenvalue weighted by Crippen LogP contribution is 2.30. The molecule has 0 spiro atoms. The van der Waals surface area contributed by atoms with Crippen molar-refractivity contribution in [3.8, 4) is 0 Å². The molecule has 0 saturated heterocycles. The van der Waals surface area contributed by atoms with E-state index in [0.717, 1.165) is 29.8 Å². The van der Waals surface area contributed by atoms with Gasteiger partial charge in [-0.3, -0.25) is 4.40 Å². The fourth-order valence-electron chi connectivity index (χ4n) is 2.54. The third kappa shape index (κ3) is 1.54. The number of aromatic amines is 1. The second kappa shape index (κ2) is 4.27. The smallest absolute Gasteiger partial charge is 0.189 e. The van der Waals surface area contributed by atoms with E-state index in [1.54, 1.807) is 12.7 Å². The van der Waals surface area contributed by atoms with Gasteiger partial charge in [-0.15, -0.1) is 10.2 Å². The summed E-state index contributed by atoms with van der Waals surface area (Å²) in [6.07, 6.45) is 5.18. The molecule has 0 aromatic carbocycles. The van der Waals surface area contributed by atoms with Crippen LogP contribution in [0.5, 0.6) is 0 Å². The molecule has 0 amide bonds. The van der Waals surface area contributed by atoms with Crippen LogP contribution in [0.25, 0.3) is 16.8 Å². The maximum Gasteiger partial charge on any atom is 0.189 e. The Morgan fingerprint density at radius 1 is 1.26 bits per heavy atom. The van der Waals surface area contributed by atoms with E-state index in [1.807, 2.05) is 4.40 Å². The molecule has 3 aromatic heterocycles. The summed E-state index contributed by atoms with van der Waals surface area (Å²) in [7, 11) is 0. The Kier molecular flexibility index (Phi) is 2.70. The van der Waals surface area contributed by atoms with Crippen LogP contribution in [0.1, 0.15) is 32.5 Å². The van der Waals surface area contributed by atoms with Crippen molar-refractivity contribution in [3.05, 3.63) is 18.5 Å². The molecule has 3 heterocycles. The molecule has 100 valence electrons. The Balaban J connectivity index is 2.30. The van der Waals surface area contributed by atoms with Crippen molar-refractivity contribution < 1.29 is 0 Å². The van der Waals surface area contributed by atoms with Gasteiger partial charge in [0.25, 0.3) is 0 Å². The van der Waals surface area contributed by atoms with Crippen LogP contribution in [-0.2, 0) is 5.41 Å². The van der Waals surface area contributed by atoms with Crippen LogP contribution in [0.4, 0.5) is 0 Å². The van der Waals surface area contributed by atoms with Crippen LogP contribution in [0, 0.1) is 0 Å². The Morgan fingerprint density at radius 3 is 2.74 bits per heavy atom. The zero-order valence-electron chi connectivity index (χ0n) is 11.1. The molecule has 19 heavy (non-hydrogen) atoms. The first-order valence-electron chi connectivity index (χ1n) is 6.49. The number of hydrogen-bond acceptors (Lipinski definition) is 5. The second-order valence-electron chi connectivity index (χ2n) is 4.75. The molecule has 3 rings (SSSR count). The summed E-state index contributed by atoms with van der Waals surface area (Å²) in [6, 6.07) is 0. The summed E-state index contributed by atoms with van der Waals surface area (Å²) in [5.74, 6) is 0.874. The minimum absolute atomic E-state index is 0.158. The summed E-state index contributed by atoms with van der Waals surface area (Å²) < 4.78 is 1.92. The van der Waals surface area contributed by atoms with E-state index in [9.17, 15) is 0 Å². The number of hydrogen-bond donors (Lipinski definition) is 2. The molecule has 0 aliphatic rings. The van der Waals surface area contributed by atoms with Gasteiger partial charge in [-0.2, -0.15) is 0 Å². The quantitative estimate of drug-likeness (QED) is 0.729. The van der Waals surface area contributed by atoms with Crippen LogP contribution in [0.2, 0.25) is 0 Å². The maximum atomic E-state index is 5.98. The van der Waals surface area contributed by atoms with E-state index in [2.05, 4.69) is 39.0 Å². The largest absolute Gasteiger partial charge is 0.340 e. The molecular formula is C12H17N7. The van der Waals surface area contributed by atoms with Crippen LogP contribution in [0.15, 0.2) is 12.7 Å². The monoisotopic (exact) mass is 259 g/mol. The number of fused-ring (bicyclic) bond motifs is 3. The van der Waals surface area contributed by atoms with Crippen LogP contribution in [0.3, 0.4) is 0 Å². The van der Waals surface area contributed by atoms with Crippen LogP contribution < -0.4 is 5.73 Å². The first-order chi connectivity index (χ1) is 9.25. The molecule has 7 heteroatoms. The fourth-order valence-corrected chi connectivity index (χ4v) is 2.54. The predicted octanol–water partition coefficient (Wildman–Crippen LogP) is 1.02. The topological polar surface area (TPSA) is 97.8 Å². The van der Waals surface area contributed by atoms with E-state index >= 15 is 0 Å². The zero-order chi connectivity index (χ0) is 13.5. The summed E-state index contributed by atoms with van der Waals surface area (Å²) >= 11 is 0. The molecule has 0 aliphatic heterocycles. The fraction of sp³-hybridized carbons (Fsp3) is 0.500. The SMILES string of the molecule is CCC(CC)(CN)c1nnc2c3[nH]cnc3ncn12. The first-order valence-corrected chi connectivity index (χ1v) is 6.49. The van der Waals surface area contributed by atoms with Gasteiger partial charge in [0.1, 0.15) is 17.7 Å². The van der Waals surface area contributed by atoms with Crippen LogP contribution in [-0.4, -0.2) is 36.1 Å². The summed E-state index contributed by atoms with van der Waals surface area (Å²) in [6.45, 7) is 4.79. The van der Waals surface area contributed by atoms with Crippen molar-refractivity contribution in [1.29, 1.82) is 0 Å². The number of nitrogens with two attached hydrogens (primary N) is 1. The molecule has 0 aliphatic carbocycles. The lowest BCUT2D eigenvalue weighted by atomic mass is 9.81. The highest BCUT2D eigenvalue weighted by atomic mass is 15.3. The van der Waals surface area contributed by atoms with Crippen molar-refractivity contribution in [3.63, 3.8) is 0 Å². The van der Waals surface area contributed by atoms with Crippen LogP contribution >= 0.6 is 0 Å². The molecule has 0 fully saturated rings. The van der Waals surface area contributed by atoms with Gasteiger partial charge < -0.3 is 10.7 Å². The van der Waals surface area contributed by atoms with Crippen molar-refractivity contribution in [1.82, 2.24) is 29.5 Å². The normalized spacial score (nSPS) is 12.6. The Labute approximate surface area is 110 Å². The lowest BCUT2D eigenvalue weighted by molar-refractivity contribution is 0.379. The van der Waals surface area contributed by atoms with Crippen molar-refractivity contribution in [2.24, 2.45) is 5.73 Å². The number of H-pyrrole nitrogens is 1. The van der Waals surface area contributed by atoms with E-state index < -0.39 is 0 Å². The lowest BCUT2D eigenvalue weighted by Gasteiger charge is -2.27. The summed E-state index contributed by atoms with van der Waals surface area (Å²) in [5.41, 5.74) is 8.03. The van der Waals surface area contributed by atoms with E-state index in [1.165, 1.54) is 0 Å². The number of nitrogens with one attached hydrogen (secondary N) is 1. The summed E-state index contributed by atoms with van der Waals surface area (Å²) in [4.78, 5) is 11.5. The molecule has 0 unspecified atom stereocenters. The van der Waals surface area contributed by atoms with E-state index in [0.29, 0.717) is 12.2 Å². The Bertz CT molecular complexity index is 699. The molecule has 0 radical (unpaired) electrons. The lowest BCUT2D eigenvalue weighted by Crippen LogP contribution is -2.36. The second-order valence-corrected chi connectivity index (χ2v) is 4.75. The number of rotatable bonds is 4. The highest BCUT2D eigenvalue weighted by Gasteiger charge is 2.32. The standard InChI is InChI=1S/C12H17N7/c1-3-12(4-2,5-13)11-18-17-10-8-9(15-6-14-8)16-7-19(10)11/h6-7H,3-5,13H2,1-2H3,(H,14,15). The third-order valence-corrected chi connectivity index (χ3v) is 4.05. The number of nitrogens with zero attached hydrogens (tertiary/aromatic N) is 5. The summed E-state index contributed by atoms with van der Waals surface area (Å²) in [5, 5.41) is 8.63. The van der Waals surface area contributed by atoms with Gasteiger partial charge in [-0.25, -0.2) is 9.97 Å². The minimum Gasteiger partial charge on any atom is -0.340 e. The minimum atomic E-state index is -0.158. The maximum absolute atomic E-state index is 5.98. The van der Waals surface area contributed by atoms with E-state index in [4.69, 9.17) is 5.73 Å². The van der Waals surface area contributed by atoms with Crippen molar-refractivity contribution >= 4 is 16.8 Å². The van der Waals surface area contributed by atoms with Gasteiger partial charge in [0.05, 0.1) is 6.33 Å². The highest BCUT2D eigenvalue weighted by molar-refractivity contribution is 5.84. The van der Waals surface area contributed by atoms with Gasteiger partial charge in [-0.1, -0.05) is 13.8 Å². The van der Waals surface area contributed by atoms with Gasteiger partial charge >= 0.3 is 0 Å². The molecule has 3 aromatic rings. The molecular weight excluding hydrogens is 242 g/mol. The van der Waals surface area contributed by atoms with E-state index in [-0.39, 0.29) is 5.41 Å². The van der Waals surface area contributed by atoms with Crippen molar-refractivity contribution in [2.45, 2.75) is 32.1 Å². The molecule has 0 saturated carbocycles. The molecule has 3 N–H and O–H groups in total. The predicted molar refractivity (Wildman–Crippen MR) is 71.7 cm³/mol.